The van der Waals surface area contributed by atoms with Crippen molar-refractivity contribution in [1.29, 1.82) is 0 Å². The summed E-state index contributed by atoms with van der Waals surface area (Å²) in [5.74, 6) is -0.503. The van der Waals surface area contributed by atoms with Crippen molar-refractivity contribution in [2.24, 2.45) is 0 Å². The van der Waals surface area contributed by atoms with Crippen molar-refractivity contribution < 1.29 is 14.6 Å². The number of hydrogen-bond donors (Lipinski definition) is 1. The minimum Gasteiger partial charge on any atom is -0.385 e. The van der Waals surface area contributed by atoms with E-state index in [0.29, 0.717) is 6.61 Å². The molecule has 1 saturated carbocycles. The summed E-state index contributed by atoms with van der Waals surface area (Å²) >= 11 is 0. The molecule has 2 aliphatic rings. The third kappa shape index (κ3) is 2.10. The lowest BCUT2D eigenvalue weighted by molar-refractivity contribution is -0.139. The molecule has 0 radical (unpaired) electrons. The molecule has 17 heavy (non-hydrogen) atoms. The van der Waals surface area contributed by atoms with Crippen LogP contribution in [0.15, 0.2) is 24.3 Å². The van der Waals surface area contributed by atoms with Crippen molar-refractivity contribution in [3.8, 4) is 0 Å². The molecule has 0 bridgehead atoms. The molecule has 2 fully saturated rings. The van der Waals surface area contributed by atoms with Gasteiger partial charge in [0.25, 0.3) is 0 Å². The first-order chi connectivity index (χ1) is 7.99. The predicted molar refractivity (Wildman–Crippen MR) is 63.4 cm³/mol. The predicted octanol–water partition coefficient (Wildman–Crippen LogP) is 2.49. The van der Waals surface area contributed by atoms with E-state index in [-0.39, 0.29) is 6.10 Å². The molecule has 3 nitrogen and oxygen atoms in total. The van der Waals surface area contributed by atoms with Gasteiger partial charge in [-0.05, 0) is 37.8 Å². The van der Waals surface area contributed by atoms with E-state index in [9.17, 15) is 5.11 Å². The molecule has 1 heterocycles. The van der Waals surface area contributed by atoms with Crippen LogP contribution in [0.1, 0.15) is 43.9 Å². The Morgan fingerprint density at radius 2 is 2.06 bits per heavy atom. The van der Waals surface area contributed by atoms with Crippen LogP contribution in [-0.4, -0.2) is 17.5 Å². The molecule has 1 aromatic rings. The maximum Gasteiger partial charge on any atom is 0.163 e. The largest absolute Gasteiger partial charge is 0.385 e. The highest BCUT2D eigenvalue weighted by atomic mass is 16.7. The summed E-state index contributed by atoms with van der Waals surface area (Å²) in [5.41, 5.74) is 1.52. The molecule has 3 heteroatoms. The van der Waals surface area contributed by atoms with Gasteiger partial charge in [0, 0.05) is 0 Å². The number of hydrogen-bond acceptors (Lipinski definition) is 3. The Hall–Kier alpha value is -0.900. The van der Waals surface area contributed by atoms with E-state index in [0.717, 1.165) is 24.0 Å². The molecule has 0 spiro atoms. The summed E-state index contributed by atoms with van der Waals surface area (Å²) in [6.45, 7) is 4.42. The second-order valence-corrected chi connectivity index (χ2v) is 5.47. The highest BCUT2D eigenvalue weighted by Crippen LogP contribution is 2.46. The second-order valence-electron chi connectivity index (χ2n) is 5.47. The SMILES string of the molecule is CC1(C)OCC(c2cccc(C3(O)CC3)c2)O1. The fourth-order valence-electron chi connectivity index (χ4n) is 2.29. The first kappa shape index (κ1) is 11.2. The van der Waals surface area contributed by atoms with Crippen LogP contribution in [0.5, 0.6) is 0 Å². The van der Waals surface area contributed by atoms with Crippen molar-refractivity contribution >= 4 is 0 Å². The first-order valence-electron chi connectivity index (χ1n) is 6.13. The summed E-state index contributed by atoms with van der Waals surface area (Å²) in [6.07, 6.45) is 1.71. The lowest BCUT2D eigenvalue weighted by Crippen LogP contribution is -2.19. The van der Waals surface area contributed by atoms with Crippen LogP contribution in [0.3, 0.4) is 0 Å². The van der Waals surface area contributed by atoms with Gasteiger partial charge < -0.3 is 14.6 Å². The van der Waals surface area contributed by atoms with Gasteiger partial charge >= 0.3 is 0 Å². The van der Waals surface area contributed by atoms with Gasteiger partial charge in [-0.2, -0.15) is 0 Å². The van der Waals surface area contributed by atoms with Gasteiger partial charge in [-0.3, -0.25) is 0 Å². The number of ether oxygens (including phenoxy) is 2. The van der Waals surface area contributed by atoms with E-state index in [4.69, 9.17) is 9.47 Å². The van der Waals surface area contributed by atoms with E-state index < -0.39 is 11.4 Å². The molecule has 3 rings (SSSR count). The topological polar surface area (TPSA) is 38.7 Å². The van der Waals surface area contributed by atoms with Gasteiger partial charge in [-0.1, -0.05) is 24.3 Å². The van der Waals surface area contributed by atoms with Crippen LogP contribution in [-0.2, 0) is 15.1 Å². The molecule has 1 aromatic carbocycles. The van der Waals surface area contributed by atoms with E-state index in [1.54, 1.807) is 0 Å². The van der Waals surface area contributed by atoms with Crippen molar-refractivity contribution in [2.75, 3.05) is 6.61 Å². The third-order valence-electron chi connectivity index (χ3n) is 3.53. The first-order valence-corrected chi connectivity index (χ1v) is 6.13. The van der Waals surface area contributed by atoms with Crippen LogP contribution < -0.4 is 0 Å². The molecular formula is C14H18O3. The second kappa shape index (κ2) is 3.55. The van der Waals surface area contributed by atoms with E-state index in [2.05, 4.69) is 0 Å². The van der Waals surface area contributed by atoms with Crippen LogP contribution in [0.4, 0.5) is 0 Å². The molecule has 1 unspecified atom stereocenters. The van der Waals surface area contributed by atoms with Gasteiger partial charge in [0.05, 0.1) is 12.2 Å². The molecule has 0 amide bonds. The molecule has 1 saturated heterocycles. The lowest BCUT2D eigenvalue weighted by Gasteiger charge is -2.18. The Bertz CT molecular complexity index is 435. The fraction of sp³-hybridized carbons (Fsp3) is 0.571. The van der Waals surface area contributed by atoms with Crippen molar-refractivity contribution in [1.82, 2.24) is 0 Å². The Morgan fingerprint density at radius 3 is 2.65 bits per heavy atom. The van der Waals surface area contributed by atoms with Crippen molar-refractivity contribution in [3.05, 3.63) is 35.4 Å². The summed E-state index contributed by atoms with van der Waals surface area (Å²) < 4.78 is 11.4. The van der Waals surface area contributed by atoms with Crippen LogP contribution in [0.2, 0.25) is 0 Å². The van der Waals surface area contributed by atoms with Crippen molar-refractivity contribution in [3.63, 3.8) is 0 Å². The zero-order valence-corrected chi connectivity index (χ0v) is 10.3. The van der Waals surface area contributed by atoms with Gasteiger partial charge in [0.2, 0.25) is 0 Å². The smallest absolute Gasteiger partial charge is 0.163 e. The Kier molecular flexibility index (Phi) is 2.34. The Morgan fingerprint density at radius 1 is 1.29 bits per heavy atom. The Balaban J connectivity index is 1.84. The average molecular weight is 234 g/mol. The number of rotatable bonds is 2. The summed E-state index contributed by atoms with van der Waals surface area (Å²) in [6, 6.07) is 8.04. The molecule has 0 aromatic heterocycles. The maximum absolute atomic E-state index is 10.1. The molecular weight excluding hydrogens is 216 g/mol. The van der Waals surface area contributed by atoms with E-state index in [1.165, 1.54) is 0 Å². The zero-order chi connectivity index (χ0) is 12.1. The van der Waals surface area contributed by atoms with Gasteiger partial charge in [0.15, 0.2) is 5.79 Å². The molecule has 1 atom stereocenters. The van der Waals surface area contributed by atoms with Gasteiger partial charge in [-0.15, -0.1) is 0 Å². The summed E-state index contributed by atoms with van der Waals surface area (Å²) in [7, 11) is 0. The average Bonchev–Trinajstić information content (AvgIpc) is 2.94. The fourth-order valence-corrected chi connectivity index (χ4v) is 2.29. The van der Waals surface area contributed by atoms with Crippen LogP contribution in [0, 0.1) is 0 Å². The quantitative estimate of drug-likeness (QED) is 0.854. The van der Waals surface area contributed by atoms with E-state index >= 15 is 0 Å². The molecule has 92 valence electrons. The molecule has 1 aliphatic heterocycles. The maximum atomic E-state index is 10.1. The summed E-state index contributed by atoms with van der Waals surface area (Å²) in [5, 5.41) is 10.1. The third-order valence-corrected chi connectivity index (χ3v) is 3.53. The highest BCUT2D eigenvalue weighted by Gasteiger charge is 2.42. The highest BCUT2D eigenvalue weighted by molar-refractivity contribution is 5.33. The minimum atomic E-state index is -0.578. The van der Waals surface area contributed by atoms with E-state index in [1.807, 2.05) is 38.1 Å². The summed E-state index contributed by atoms with van der Waals surface area (Å²) in [4.78, 5) is 0. The van der Waals surface area contributed by atoms with Crippen LogP contribution in [0.25, 0.3) is 0 Å². The Labute approximate surface area is 101 Å². The zero-order valence-electron chi connectivity index (χ0n) is 10.3. The molecule has 1 aliphatic carbocycles. The van der Waals surface area contributed by atoms with Crippen LogP contribution >= 0.6 is 0 Å². The standard InChI is InChI=1S/C14H18O3/c1-13(2)16-9-12(17-13)10-4-3-5-11(8-10)14(15)6-7-14/h3-5,8,12,15H,6-7,9H2,1-2H3. The lowest BCUT2D eigenvalue weighted by atomic mass is 10.0. The van der Waals surface area contributed by atoms with Gasteiger partial charge in [-0.25, -0.2) is 0 Å². The molecule has 1 N–H and O–H groups in total. The van der Waals surface area contributed by atoms with Gasteiger partial charge in [0.1, 0.15) is 6.10 Å². The number of benzene rings is 1. The minimum absolute atomic E-state index is 0.0210. The number of aliphatic hydroxyl groups is 1. The normalized spacial score (nSPS) is 29.2. The monoisotopic (exact) mass is 234 g/mol. The van der Waals surface area contributed by atoms with Crippen molar-refractivity contribution in [2.45, 2.75) is 44.2 Å².